The van der Waals surface area contributed by atoms with Crippen LogP contribution in [0.3, 0.4) is 0 Å². The Morgan fingerprint density at radius 3 is 2.71 bits per heavy atom. The minimum atomic E-state index is 0.0935. The third kappa shape index (κ3) is 3.02. The highest BCUT2D eigenvalue weighted by molar-refractivity contribution is 5.87. The van der Waals surface area contributed by atoms with Gasteiger partial charge in [0.2, 0.25) is 0 Å². The quantitative estimate of drug-likeness (QED) is 0.885. The van der Waals surface area contributed by atoms with E-state index in [1.165, 1.54) is 19.3 Å². The summed E-state index contributed by atoms with van der Waals surface area (Å²) in [5, 5.41) is 4.25. The summed E-state index contributed by atoms with van der Waals surface area (Å²) in [6, 6.07) is 2.47. The van der Waals surface area contributed by atoms with Crippen LogP contribution in [0.15, 0.2) is 18.6 Å². The number of hydrogen-bond acceptors (Lipinski definition) is 4. The van der Waals surface area contributed by atoms with Crippen LogP contribution in [0.2, 0.25) is 0 Å². The number of carbonyl (C=O) groups is 1. The molecule has 7 nitrogen and oxygen atoms in total. The number of carbonyl (C=O) groups excluding carboxylic acids is 1. The molecule has 2 N–H and O–H groups in total. The van der Waals surface area contributed by atoms with Gasteiger partial charge >= 0.3 is 6.03 Å². The number of hydrogen-bond donors (Lipinski definition) is 2. The fourth-order valence-corrected chi connectivity index (χ4v) is 3.74. The first kappa shape index (κ1) is 15.2. The van der Waals surface area contributed by atoms with Gasteiger partial charge in [0.25, 0.3) is 0 Å². The van der Waals surface area contributed by atoms with Gasteiger partial charge in [-0.05, 0) is 18.9 Å². The summed E-state index contributed by atoms with van der Waals surface area (Å²) in [7, 11) is 0. The van der Waals surface area contributed by atoms with E-state index >= 15 is 0 Å². The lowest BCUT2D eigenvalue weighted by Gasteiger charge is -2.36. The number of urea groups is 1. The summed E-state index contributed by atoms with van der Waals surface area (Å²) in [4.78, 5) is 28.4. The van der Waals surface area contributed by atoms with Gasteiger partial charge in [0.1, 0.15) is 17.8 Å². The van der Waals surface area contributed by atoms with Crippen LogP contribution in [-0.4, -0.2) is 58.1 Å². The van der Waals surface area contributed by atoms with Crippen molar-refractivity contribution in [3.63, 3.8) is 0 Å². The highest BCUT2D eigenvalue weighted by atomic mass is 16.2. The molecule has 0 atom stereocenters. The molecule has 0 unspecified atom stereocenters. The number of piperazine rings is 1. The molecule has 0 radical (unpaired) electrons. The number of rotatable bonds is 2. The van der Waals surface area contributed by atoms with Gasteiger partial charge in [-0.1, -0.05) is 19.3 Å². The highest BCUT2D eigenvalue weighted by Crippen LogP contribution is 2.23. The molecule has 2 amide bonds. The van der Waals surface area contributed by atoms with Crippen LogP contribution in [0.1, 0.15) is 32.1 Å². The Morgan fingerprint density at radius 1 is 1.12 bits per heavy atom. The Labute approximate surface area is 141 Å². The number of fused-ring (bicyclic) bond motifs is 1. The fourth-order valence-electron chi connectivity index (χ4n) is 3.74. The second-order valence-electron chi connectivity index (χ2n) is 6.70. The van der Waals surface area contributed by atoms with Crippen LogP contribution in [0.5, 0.6) is 0 Å². The molecule has 2 aromatic heterocycles. The van der Waals surface area contributed by atoms with E-state index in [0.717, 1.165) is 55.9 Å². The largest absolute Gasteiger partial charge is 0.352 e. The zero-order chi connectivity index (χ0) is 16.4. The second-order valence-corrected chi connectivity index (χ2v) is 6.70. The molecule has 4 rings (SSSR count). The van der Waals surface area contributed by atoms with Gasteiger partial charge in [-0.2, -0.15) is 0 Å². The first-order valence-electron chi connectivity index (χ1n) is 8.90. The van der Waals surface area contributed by atoms with E-state index in [0.29, 0.717) is 6.04 Å². The summed E-state index contributed by atoms with van der Waals surface area (Å²) in [6.07, 6.45) is 9.50. The molecular weight excluding hydrogens is 304 g/mol. The molecule has 0 spiro atoms. The minimum Gasteiger partial charge on any atom is -0.352 e. The van der Waals surface area contributed by atoms with Crippen molar-refractivity contribution in [1.82, 2.24) is 25.2 Å². The van der Waals surface area contributed by atoms with Crippen molar-refractivity contribution in [3.05, 3.63) is 18.6 Å². The highest BCUT2D eigenvalue weighted by Gasteiger charge is 2.25. The molecule has 3 heterocycles. The SMILES string of the molecule is O=C(NC1CCCCC1)N1CCN(c2ncnc3[nH]ccc23)CC1. The Bertz CT molecular complexity index is 700. The molecule has 2 aromatic rings. The van der Waals surface area contributed by atoms with Gasteiger partial charge in [-0.25, -0.2) is 14.8 Å². The van der Waals surface area contributed by atoms with Crippen LogP contribution in [0.25, 0.3) is 11.0 Å². The average Bonchev–Trinajstić information content (AvgIpc) is 3.11. The van der Waals surface area contributed by atoms with E-state index in [2.05, 4.69) is 25.2 Å². The lowest BCUT2D eigenvalue weighted by atomic mass is 9.96. The topological polar surface area (TPSA) is 77.2 Å². The molecule has 1 aliphatic carbocycles. The Balaban J connectivity index is 1.36. The maximum atomic E-state index is 12.4. The predicted octanol–water partition coefficient (Wildman–Crippen LogP) is 2.12. The minimum absolute atomic E-state index is 0.0935. The molecule has 1 saturated heterocycles. The Hall–Kier alpha value is -2.31. The summed E-state index contributed by atoms with van der Waals surface area (Å²) in [5.74, 6) is 0.952. The van der Waals surface area contributed by atoms with Crippen molar-refractivity contribution < 1.29 is 4.79 Å². The van der Waals surface area contributed by atoms with Gasteiger partial charge in [-0.15, -0.1) is 0 Å². The molecule has 1 saturated carbocycles. The molecule has 2 fully saturated rings. The van der Waals surface area contributed by atoms with E-state index in [1.54, 1.807) is 6.33 Å². The smallest absolute Gasteiger partial charge is 0.317 e. The van der Waals surface area contributed by atoms with Crippen LogP contribution < -0.4 is 10.2 Å². The maximum absolute atomic E-state index is 12.4. The molecule has 24 heavy (non-hydrogen) atoms. The van der Waals surface area contributed by atoms with Crippen LogP contribution in [0, 0.1) is 0 Å². The van der Waals surface area contributed by atoms with Crippen molar-refractivity contribution in [2.75, 3.05) is 31.1 Å². The van der Waals surface area contributed by atoms with Crippen molar-refractivity contribution in [2.45, 2.75) is 38.1 Å². The van der Waals surface area contributed by atoms with Crippen molar-refractivity contribution in [2.24, 2.45) is 0 Å². The van der Waals surface area contributed by atoms with Gasteiger partial charge < -0.3 is 20.1 Å². The third-order valence-corrected chi connectivity index (χ3v) is 5.13. The number of nitrogens with zero attached hydrogens (tertiary/aromatic N) is 4. The normalized spacial score (nSPS) is 19.7. The first-order chi connectivity index (χ1) is 11.8. The van der Waals surface area contributed by atoms with Crippen molar-refractivity contribution in [3.8, 4) is 0 Å². The van der Waals surface area contributed by atoms with E-state index in [4.69, 9.17) is 0 Å². The number of anilines is 1. The van der Waals surface area contributed by atoms with Crippen LogP contribution in [0.4, 0.5) is 10.6 Å². The molecule has 0 aromatic carbocycles. The standard InChI is InChI=1S/C17H24N6O/c24-17(21-13-4-2-1-3-5-13)23-10-8-22(9-11-23)16-14-6-7-18-15(14)19-12-20-16/h6-7,12-13H,1-5,8-11H2,(H,21,24)(H,18,19,20). The van der Waals surface area contributed by atoms with Crippen LogP contribution >= 0.6 is 0 Å². The fraction of sp³-hybridized carbons (Fsp3) is 0.588. The van der Waals surface area contributed by atoms with Crippen molar-refractivity contribution >= 4 is 22.9 Å². The zero-order valence-electron chi connectivity index (χ0n) is 13.9. The Morgan fingerprint density at radius 2 is 1.92 bits per heavy atom. The van der Waals surface area contributed by atoms with Gasteiger partial charge in [-0.3, -0.25) is 0 Å². The second kappa shape index (κ2) is 6.67. The number of H-pyrrole nitrogens is 1. The molecular formula is C17H24N6O. The van der Waals surface area contributed by atoms with E-state index < -0.39 is 0 Å². The van der Waals surface area contributed by atoms with E-state index in [1.807, 2.05) is 17.2 Å². The summed E-state index contributed by atoms with van der Waals surface area (Å²) >= 11 is 0. The van der Waals surface area contributed by atoms with E-state index in [-0.39, 0.29) is 6.03 Å². The maximum Gasteiger partial charge on any atom is 0.317 e. The van der Waals surface area contributed by atoms with E-state index in [9.17, 15) is 4.79 Å². The summed E-state index contributed by atoms with van der Waals surface area (Å²) in [6.45, 7) is 3.06. The first-order valence-corrected chi connectivity index (χ1v) is 8.90. The molecule has 128 valence electrons. The molecule has 7 heteroatoms. The zero-order valence-corrected chi connectivity index (χ0v) is 13.9. The number of amides is 2. The molecule has 1 aliphatic heterocycles. The van der Waals surface area contributed by atoms with Crippen LogP contribution in [-0.2, 0) is 0 Å². The lowest BCUT2D eigenvalue weighted by Crippen LogP contribution is -2.53. The van der Waals surface area contributed by atoms with Crippen molar-refractivity contribution in [1.29, 1.82) is 0 Å². The number of nitrogens with one attached hydrogen (secondary N) is 2. The summed E-state index contributed by atoms with van der Waals surface area (Å²) in [5.41, 5.74) is 0.859. The molecule has 2 aliphatic rings. The third-order valence-electron chi connectivity index (χ3n) is 5.13. The predicted molar refractivity (Wildman–Crippen MR) is 93.1 cm³/mol. The van der Waals surface area contributed by atoms with Gasteiger partial charge in [0.15, 0.2) is 0 Å². The average molecular weight is 328 g/mol. The number of aromatic amines is 1. The summed E-state index contributed by atoms with van der Waals surface area (Å²) < 4.78 is 0. The lowest BCUT2D eigenvalue weighted by molar-refractivity contribution is 0.186. The Kier molecular flexibility index (Phi) is 4.23. The monoisotopic (exact) mass is 328 g/mol. The molecule has 0 bridgehead atoms. The van der Waals surface area contributed by atoms with Gasteiger partial charge in [0.05, 0.1) is 5.39 Å². The number of aromatic nitrogens is 3. The van der Waals surface area contributed by atoms with Gasteiger partial charge in [0, 0.05) is 38.4 Å².